The zero-order valence-corrected chi connectivity index (χ0v) is 12.9. The molecule has 0 spiro atoms. The van der Waals surface area contributed by atoms with Gasteiger partial charge in [-0.25, -0.2) is 4.79 Å². The second kappa shape index (κ2) is 5.97. The number of hydrogen-bond donors (Lipinski definition) is 2. The molecule has 1 saturated heterocycles. The maximum atomic E-state index is 13.4. The van der Waals surface area contributed by atoms with Crippen LogP contribution in [0.5, 0.6) is 0 Å². The van der Waals surface area contributed by atoms with Crippen LogP contribution in [0.15, 0.2) is 21.7 Å². The van der Waals surface area contributed by atoms with Crippen LogP contribution in [-0.2, 0) is 10.9 Å². The van der Waals surface area contributed by atoms with Crippen LogP contribution < -0.4 is 16.7 Å². The van der Waals surface area contributed by atoms with Gasteiger partial charge in [0, 0.05) is 13.7 Å². The number of benzene rings is 1. The fraction of sp³-hybridized carbons (Fsp3) is 0.467. The number of H-pyrrole nitrogens is 1. The summed E-state index contributed by atoms with van der Waals surface area (Å²) < 4.78 is 46.5. The smallest absolute Gasteiger partial charge is 0.374 e. The Morgan fingerprint density at radius 2 is 2.04 bits per heavy atom. The standard InChI is InChI=1S/C15H16F3N3O3/c1-19-21-13(22)9-6-8(12-4-2-3-5-24-12)10(15(16,17)18)7-11(9)20-14(21)23/h6-7,12,19H,2-5H2,1H3,(H,20,23). The van der Waals surface area contributed by atoms with Gasteiger partial charge in [-0.15, -0.1) is 0 Å². The lowest BCUT2D eigenvalue weighted by molar-refractivity contribution is -0.139. The van der Waals surface area contributed by atoms with Crippen molar-refractivity contribution >= 4 is 10.9 Å². The van der Waals surface area contributed by atoms with Gasteiger partial charge in [-0.05, 0) is 37.0 Å². The molecule has 2 heterocycles. The summed E-state index contributed by atoms with van der Waals surface area (Å²) in [6, 6.07) is 1.99. The zero-order chi connectivity index (χ0) is 17.5. The minimum atomic E-state index is -4.61. The predicted molar refractivity (Wildman–Crippen MR) is 81.7 cm³/mol. The van der Waals surface area contributed by atoms with E-state index in [1.807, 2.05) is 0 Å². The Morgan fingerprint density at radius 3 is 2.62 bits per heavy atom. The average Bonchev–Trinajstić information content (AvgIpc) is 2.54. The molecular formula is C15H16F3N3O3. The van der Waals surface area contributed by atoms with E-state index in [0.29, 0.717) is 17.7 Å². The van der Waals surface area contributed by atoms with Crippen LogP contribution in [0.1, 0.15) is 36.5 Å². The van der Waals surface area contributed by atoms with Gasteiger partial charge in [-0.2, -0.15) is 17.8 Å². The predicted octanol–water partition coefficient (Wildman–Crippen LogP) is 2.12. The number of nitrogens with zero attached hydrogens (tertiary/aromatic N) is 1. The lowest BCUT2D eigenvalue weighted by Gasteiger charge is -2.26. The molecule has 2 N–H and O–H groups in total. The molecule has 1 unspecified atom stereocenters. The van der Waals surface area contributed by atoms with E-state index in [-0.39, 0.29) is 16.5 Å². The third-order valence-electron chi connectivity index (χ3n) is 4.12. The summed E-state index contributed by atoms with van der Waals surface area (Å²) in [5.41, 5.74) is -0.236. The van der Waals surface area contributed by atoms with Crippen molar-refractivity contribution in [3.05, 3.63) is 44.1 Å². The number of aromatic nitrogens is 2. The quantitative estimate of drug-likeness (QED) is 0.876. The highest BCUT2D eigenvalue weighted by atomic mass is 19.4. The first-order valence-corrected chi connectivity index (χ1v) is 7.52. The molecule has 0 radical (unpaired) electrons. The van der Waals surface area contributed by atoms with Crippen molar-refractivity contribution in [2.75, 3.05) is 19.1 Å². The van der Waals surface area contributed by atoms with Crippen LogP contribution in [-0.4, -0.2) is 23.3 Å². The Kier molecular flexibility index (Phi) is 4.12. The molecule has 1 aliphatic rings. The van der Waals surface area contributed by atoms with E-state index in [1.165, 1.54) is 13.1 Å². The summed E-state index contributed by atoms with van der Waals surface area (Å²) in [7, 11) is 1.37. The SMILES string of the molecule is CNn1c(=O)[nH]c2cc(C(F)(F)F)c(C3CCCCO3)cc2c1=O. The molecule has 0 bridgehead atoms. The first-order chi connectivity index (χ1) is 11.3. The molecule has 6 nitrogen and oxygen atoms in total. The summed E-state index contributed by atoms with van der Waals surface area (Å²) >= 11 is 0. The summed E-state index contributed by atoms with van der Waals surface area (Å²) in [4.78, 5) is 26.4. The van der Waals surface area contributed by atoms with Crippen LogP contribution >= 0.6 is 0 Å². The number of ether oxygens (including phenoxy) is 1. The molecule has 1 aromatic heterocycles. The Bertz CT molecular complexity index is 880. The second-order valence-electron chi connectivity index (χ2n) is 5.63. The Morgan fingerprint density at radius 1 is 1.29 bits per heavy atom. The van der Waals surface area contributed by atoms with Crippen LogP contribution in [0.2, 0.25) is 0 Å². The lowest BCUT2D eigenvalue weighted by atomic mass is 9.94. The first kappa shape index (κ1) is 16.6. The molecule has 1 atom stereocenters. The van der Waals surface area contributed by atoms with E-state index < -0.39 is 29.1 Å². The third kappa shape index (κ3) is 2.79. The highest BCUT2D eigenvalue weighted by molar-refractivity contribution is 5.79. The zero-order valence-electron chi connectivity index (χ0n) is 12.9. The lowest BCUT2D eigenvalue weighted by Crippen LogP contribution is -2.40. The summed E-state index contributed by atoms with van der Waals surface area (Å²) in [5, 5.41) is 0.00104. The Balaban J connectivity index is 2.31. The molecule has 1 fully saturated rings. The van der Waals surface area contributed by atoms with Crippen molar-refractivity contribution in [1.29, 1.82) is 0 Å². The van der Waals surface area contributed by atoms with Crippen LogP contribution in [0.4, 0.5) is 13.2 Å². The molecule has 0 aliphatic carbocycles. The highest BCUT2D eigenvalue weighted by Crippen LogP contribution is 2.39. The van der Waals surface area contributed by atoms with Crippen molar-refractivity contribution in [3.63, 3.8) is 0 Å². The molecule has 9 heteroatoms. The van der Waals surface area contributed by atoms with Crippen LogP contribution in [0, 0.1) is 0 Å². The van der Waals surface area contributed by atoms with Crippen LogP contribution in [0.3, 0.4) is 0 Å². The number of hydrogen-bond acceptors (Lipinski definition) is 4. The van der Waals surface area contributed by atoms with Gasteiger partial charge in [0.2, 0.25) is 0 Å². The minimum Gasteiger partial charge on any atom is -0.374 e. The molecule has 24 heavy (non-hydrogen) atoms. The van der Waals surface area contributed by atoms with Gasteiger partial charge in [0.05, 0.1) is 22.6 Å². The van der Waals surface area contributed by atoms with Gasteiger partial charge in [-0.3, -0.25) is 4.79 Å². The normalized spacial score (nSPS) is 18.8. The number of halogens is 3. The van der Waals surface area contributed by atoms with Crippen molar-refractivity contribution in [2.24, 2.45) is 0 Å². The average molecular weight is 343 g/mol. The molecule has 0 saturated carbocycles. The molecule has 1 aromatic carbocycles. The van der Waals surface area contributed by atoms with Crippen molar-refractivity contribution in [1.82, 2.24) is 9.66 Å². The molecular weight excluding hydrogens is 327 g/mol. The third-order valence-corrected chi connectivity index (χ3v) is 4.12. The van der Waals surface area contributed by atoms with E-state index in [0.717, 1.165) is 18.9 Å². The van der Waals surface area contributed by atoms with E-state index in [9.17, 15) is 22.8 Å². The Labute approximate surface area is 134 Å². The molecule has 0 amide bonds. The molecule has 3 rings (SSSR count). The van der Waals surface area contributed by atoms with Gasteiger partial charge < -0.3 is 15.1 Å². The van der Waals surface area contributed by atoms with E-state index in [4.69, 9.17) is 4.74 Å². The van der Waals surface area contributed by atoms with E-state index in [1.54, 1.807) is 0 Å². The number of fused-ring (bicyclic) bond motifs is 1. The van der Waals surface area contributed by atoms with E-state index >= 15 is 0 Å². The van der Waals surface area contributed by atoms with Gasteiger partial charge >= 0.3 is 11.9 Å². The monoisotopic (exact) mass is 343 g/mol. The summed E-state index contributed by atoms with van der Waals surface area (Å²) in [6.07, 6.45) is -3.32. The molecule has 2 aromatic rings. The van der Waals surface area contributed by atoms with Gasteiger partial charge in [-0.1, -0.05) is 0 Å². The molecule has 130 valence electrons. The van der Waals surface area contributed by atoms with Crippen molar-refractivity contribution in [2.45, 2.75) is 31.5 Å². The number of nitrogens with one attached hydrogen (secondary N) is 2. The fourth-order valence-electron chi connectivity index (χ4n) is 2.98. The number of rotatable bonds is 2. The molecule has 1 aliphatic heterocycles. The highest BCUT2D eigenvalue weighted by Gasteiger charge is 2.36. The second-order valence-corrected chi connectivity index (χ2v) is 5.63. The first-order valence-electron chi connectivity index (χ1n) is 7.52. The maximum absolute atomic E-state index is 13.4. The Hall–Kier alpha value is -2.29. The van der Waals surface area contributed by atoms with Crippen LogP contribution in [0.25, 0.3) is 10.9 Å². The topological polar surface area (TPSA) is 76.1 Å². The van der Waals surface area contributed by atoms with Crippen molar-refractivity contribution in [3.8, 4) is 0 Å². The van der Waals surface area contributed by atoms with Gasteiger partial charge in [0.15, 0.2) is 0 Å². The largest absolute Gasteiger partial charge is 0.416 e. The number of aromatic amines is 1. The number of alkyl halides is 3. The fourth-order valence-corrected chi connectivity index (χ4v) is 2.98. The van der Waals surface area contributed by atoms with Gasteiger partial charge in [0.25, 0.3) is 5.56 Å². The van der Waals surface area contributed by atoms with Gasteiger partial charge in [0.1, 0.15) is 0 Å². The summed E-state index contributed by atoms with van der Waals surface area (Å²) in [6.45, 7) is 0.381. The summed E-state index contributed by atoms with van der Waals surface area (Å²) in [5.74, 6) is 0. The van der Waals surface area contributed by atoms with Crippen molar-refractivity contribution < 1.29 is 17.9 Å². The maximum Gasteiger partial charge on any atom is 0.416 e. The minimum absolute atomic E-state index is 0.00104. The van der Waals surface area contributed by atoms with E-state index in [2.05, 4.69) is 10.4 Å².